The molecule has 0 saturated heterocycles. The van der Waals surface area contributed by atoms with Crippen LogP contribution in [-0.2, 0) is 10.8 Å². The van der Waals surface area contributed by atoms with E-state index >= 15 is 0 Å². The second kappa shape index (κ2) is 4.86. The first-order chi connectivity index (χ1) is 6.66. The number of ketones is 1. The van der Waals surface area contributed by atoms with E-state index in [1.807, 2.05) is 6.07 Å². The van der Waals surface area contributed by atoms with Gasteiger partial charge in [0.15, 0.2) is 0 Å². The van der Waals surface area contributed by atoms with Crippen LogP contribution in [0.2, 0.25) is 0 Å². The first-order valence-corrected chi connectivity index (χ1v) is 5.82. The molecule has 0 aromatic heterocycles. The van der Waals surface area contributed by atoms with Gasteiger partial charge in [0, 0.05) is 11.8 Å². The zero-order valence-electron chi connectivity index (χ0n) is 8.19. The summed E-state index contributed by atoms with van der Waals surface area (Å²) in [6.45, 7) is 1.72. The molecule has 3 heteroatoms. The molecule has 0 N–H and O–H groups in total. The maximum atomic E-state index is 11.8. The highest BCUT2D eigenvalue weighted by atomic mass is 32.2. The predicted octanol–water partition coefficient (Wildman–Crippen LogP) is 2.15. The quantitative estimate of drug-likeness (QED) is 0.563. The van der Waals surface area contributed by atoms with E-state index < -0.39 is 10.8 Å². The van der Waals surface area contributed by atoms with Crippen LogP contribution < -0.4 is 0 Å². The third kappa shape index (κ3) is 2.39. The highest BCUT2D eigenvalue weighted by Crippen LogP contribution is 2.10. The Morgan fingerprint density at radius 3 is 2.29 bits per heavy atom. The molecular formula is C11H12O2S. The van der Waals surface area contributed by atoms with Crippen molar-refractivity contribution in [1.82, 2.24) is 0 Å². The van der Waals surface area contributed by atoms with Gasteiger partial charge in [-0.2, -0.15) is 0 Å². The largest absolute Gasteiger partial charge is 0.288 e. The number of carbonyl (C=O) groups is 1. The Morgan fingerprint density at radius 1 is 1.29 bits per heavy atom. The number of benzene rings is 1. The maximum Gasteiger partial charge on any atom is 0.201 e. The van der Waals surface area contributed by atoms with Crippen molar-refractivity contribution in [2.75, 3.05) is 6.26 Å². The van der Waals surface area contributed by atoms with Gasteiger partial charge in [-0.1, -0.05) is 36.4 Å². The Morgan fingerprint density at radius 2 is 1.86 bits per heavy atom. The summed E-state index contributed by atoms with van der Waals surface area (Å²) in [5.74, 6) is -0.158. The Hall–Kier alpha value is -1.22. The minimum atomic E-state index is -1.22. The molecule has 0 bridgehead atoms. The summed E-state index contributed by atoms with van der Waals surface area (Å²) in [7, 11) is -1.22. The van der Waals surface area contributed by atoms with Crippen LogP contribution in [0.4, 0.5) is 0 Å². The Kier molecular flexibility index (Phi) is 3.77. The van der Waals surface area contributed by atoms with Crippen molar-refractivity contribution < 1.29 is 9.00 Å². The zero-order chi connectivity index (χ0) is 10.6. The molecule has 0 aliphatic rings. The average molecular weight is 208 g/mol. The lowest BCUT2D eigenvalue weighted by Gasteiger charge is -2.01. The summed E-state index contributed by atoms with van der Waals surface area (Å²) in [5, 5.41) is 0. The Balaban J connectivity index is 3.02. The lowest BCUT2D eigenvalue weighted by atomic mass is 10.1. The van der Waals surface area contributed by atoms with E-state index in [0.717, 1.165) is 0 Å². The van der Waals surface area contributed by atoms with Crippen LogP contribution in [0.5, 0.6) is 0 Å². The summed E-state index contributed by atoms with van der Waals surface area (Å²) in [5.41, 5.74) is 0.579. The monoisotopic (exact) mass is 208 g/mol. The molecule has 1 aromatic carbocycles. The summed E-state index contributed by atoms with van der Waals surface area (Å²) in [6.07, 6.45) is 3.11. The van der Waals surface area contributed by atoms with Crippen LogP contribution in [0.25, 0.3) is 0 Å². The van der Waals surface area contributed by atoms with Gasteiger partial charge in [-0.25, -0.2) is 0 Å². The van der Waals surface area contributed by atoms with Gasteiger partial charge in [0.2, 0.25) is 5.78 Å². The van der Waals surface area contributed by atoms with Crippen molar-refractivity contribution in [2.24, 2.45) is 0 Å². The van der Waals surface area contributed by atoms with Gasteiger partial charge in [0.25, 0.3) is 0 Å². The average Bonchev–Trinajstić information content (AvgIpc) is 2.19. The minimum absolute atomic E-state index is 0.158. The lowest BCUT2D eigenvalue weighted by molar-refractivity contribution is 0.104. The van der Waals surface area contributed by atoms with E-state index in [9.17, 15) is 9.00 Å². The number of hydrogen-bond donors (Lipinski definition) is 0. The standard InChI is InChI=1S/C11H12O2S/c1-3-10(14(2)13)11(12)9-7-5-4-6-8-9/h3-8H,1-2H3/b10-3+. The van der Waals surface area contributed by atoms with Crippen molar-refractivity contribution in [3.8, 4) is 0 Å². The summed E-state index contributed by atoms with van der Waals surface area (Å²) < 4.78 is 11.2. The fraction of sp³-hybridized carbons (Fsp3) is 0.182. The fourth-order valence-corrected chi connectivity index (χ4v) is 1.87. The lowest BCUT2D eigenvalue weighted by Crippen LogP contribution is -2.07. The fourth-order valence-electron chi connectivity index (χ4n) is 1.16. The predicted molar refractivity (Wildman–Crippen MR) is 58.6 cm³/mol. The van der Waals surface area contributed by atoms with Crippen LogP contribution >= 0.6 is 0 Å². The minimum Gasteiger partial charge on any atom is -0.288 e. The van der Waals surface area contributed by atoms with E-state index in [1.165, 1.54) is 6.26 Å². The van der Waals surface area contributed by atoms with Gasteiger partial charge in [-0.15, -0.1) is 0 Å². The van der Waals surface area contributed by atoms with E-state index in [-0.39, 0.29) is 5.78 Å². The number of hydrogen-bond acceptors (Lipinski definition) is 2. The second-order valence-electron chi connectivity index (χ2n) is 2.80. The highest BCUT2D eigenvalue weighted by molar-refractivity contribution is 7.89. The number of Topliss-reactive ketones (excluding diaryl/α,β-unsaturated/α-hetero) is 1. The second-order valence-corrected chi connectivity index (χ2v) is 4.15. The van der Waals surface area contributed by atoms with E-state index in [1.54, 1.807) is 37.3 Å². The maximum absolute atomic E-state index is 11.8. The smallest absolute Gasteiger partial charge is 0.201 e. The molecule has 0 radical (unpaired) electrons. The van der Waals surface area contributed by atoms with Crippen LogP contribution in [0.3, 0.4) is 0 Å². The van der Waals surface area contributed by atoms with Crippen molar-refractivity contribution in [3.63, 3.8) is 0 Å². The molecule has 2 nitrogen and oxygen atoms in total. The summed E-state index contributed by atoms with van der Waals surface area (Å²) in [6, 6.07) is 8.87. The van der Waals surface area contributed by atoms with Gasteiger partial charge in [0.05, 0.1) is 15.7 Å². The van der Waals surface area contributed by atoms with Crippen molar-refractivity contribution in [2.45, 2.75) is 6.92 Å². The number of carbonyl (C=O) groups excluding carboxylic acids is 1. The molecule has 1 rings (SSSR count). The van der Waals surface area contributed by atoms with E-state index in [0.29, 0.717) is 10.5 Å². The van der Waals surface area contributed by atoms with Crippen molar-refractivity contribution in [3.05, 3.63) is 46.9 Å². The molecule has 0 aliphatic carbocycles. The molecule has 1 aromatic rings. The molecule has 74 valence electrons. The normalized spacial score (nSPS) is 13.7. The molecule has 14 heavy (non-hydrogen) atoms. The molecule has 0 spiro atoms. The van der Waals surface area contributed by atoms with Crippen LogP contribution in [0, 0.1) is 0 Å². The molecule has 1 unspecified atom stereocenters. The highest BCUT2D eigenvalue weighted by Gasteiger charge is 2.13. The van der Waals surface area contributed by atoms with Gasteiger partial charge in [0.1, 0.15) is 0 Å². The first-order valence-electron chi connectivity index (χ1n) is 4.26. The van der Waals surface area contributed by atoms with Crippen molar-refractivity contribution in [1.29, 1.82) is 0 Å². The Bertz CT molecular complexity index is 380. The molecule has 1 atom stereocenters. The van der Waals surface area contributed by atoms with E-state index in [4.69, 9.17) is 0 Å². The summed E-state index contributed by atoms with van der Waals surface area (Å²) >= 11 is 0. The molecule has 0 saturated carbocycles. The van der Waals surface area contributed by atoms with Crippen LogP contribution in [0.15, 0.2) is 41.3 Å². The third-order valence-corrected chi connectivity index (χ3v) is 2.87. The van der Waals surface area contributed by atoms with E-state index in [2.05, 4.69) is 0 Å². The molecule has 0 heterocycles. The first kappa shape index (κ1) is 10.9. The molecule has 0 fully saturated rings. The molecular weight excluding hydrogens is 196 g/mol. The Labute approximate surface area is 86.1 Å². The number of rotatable bonds is 3. The number of allylic oxidation sites excluding steroid dienone is 2. The molecule has 0 amide bonds. The zero-order valence-corrected chi connectivity index (χ0v) is 9.01. The summed E-state index contributed by atoms with van der Waals surface area (Å²) in [4.78, 5) is 12.1. The van der Waals surface area contributed by atoms with Gasteiger partial charge in [-0.05, 0) is 6.92 Å². The van der Waals surface area contributed by atoms with Crippen LogP contribution in [0.1, 0.15) is 17.3 Å². The topological polar surface area (TPSA) is 34.1 Å². The van der Waals surface area contributed by atoms with Gasteiger partial charge < -0.3 is 0 Å². The third-order valence-electron chi connectivity index (χ3n) is 1.83. The SMILES string of the molecule is C/C=C(\C(=O)c1ccccc1)S(C)=O. The van der Waals surface area contributed by atoms with Gasteiger partial charge >= 0.3 is 0 Å². The van der Waals surface area contributed by atoms with Gasteiger partial charge in [-0.3, -0.25) is 9.00 Å². The molecule has 0 aliphatic heterocycles. The van der Waals surface area contributed by atoms with Crippen LogP contribution in [-0.4, -0.2) is 16.2 Å². The van der Waals surface area contributed by atoms with Crippen molar-refractivity contribution >= 4 is 16.6 Å².